The van der Waals surface area contributed by atoms with Crippen molar-refractivity contribution in [1.82, 2.24) is 0 Å². The van der Waals surface area contributed by atoms with Crippen LogP contribution in [0.1, 0.15) is 36.1 Å². The zero-order chi connectivity index (χ0) is 38.2. The van der Waals surface area contributed by atoms with E-state index in [4.69, 9.17) is 33.2 Å². The van der Waals surface area contributed by atoms with Gasteiger partial charge in [0.05, 0.1) is 57.9 Å². The van der Waals surface area contributed by atoms with Gasteiger partial charge in [-0.25, -0.2) is 0 Å². The molecule has 288 valence electrons. The van der Waals surface area contributed by atoms with Gasteiger partial charge in [0.25, 0.3) is 0 Å². The molecule has 0 aromatic heterocycles. The Labute approximate surface area is 321 Å². The predicted molar refractivity (Wildman–Crippen MR) is 205 cm³/mol. The predicted octanol–water partition coefficient (Wildman–Crippen LogP) is 8.48. The molecule has 1 unspecified atom stereocenters. The van der Waals surface area contributed by atoms with Gasteiger partial charge in [-0.15, -0.1) is 0 Å². The minimum atomic E-state index is -1.13. The number of ether oxygens (including phenoxy) is 7. The van der Waals surface area contributed by atoms with Crippen molar-refractivity contribution in [3.05, 3.63) is 164 Å². The average Bonchev–Trinajstić information content (AvgIpc) is 3.22. The van der Waals surface area contributed by atoms with Gasteiger partial charge in [0.1, 0.15) is 30.5 Å². The smallest absolute Gasteiger partial charge is 0.169 e. The summed E-state index contributed by atoms with van der Waals surface area (Å²) in [6.07, 6.45) is -5.54. The molecule has 4 aromatic rings. The van der Waals surface area contributed by atoms with Crippen LogP contribution in [0.2, 0.25) is 0 Å². The zero-order valence-corrected chi connectivity index (χ0v) is 31.1. The molecule has 13 heteroatoms. The van der Waals surface area contributed by atoms with Gasteiger partial charge >= 0.3 is 0 Å². The highest BCUT2D eigenvalue weighted by molar-refractivity contribution is 5.16. The molecular formula is C42H48N6O7. The van der Waals surface area contributed by atoms with Crippen LogP contribution in [0.15, 0.2) is 132 Å². The van der Waals surface area contributed by atoms with Gasteiger partial charge < -0.3 is 33.2 Å². The Kier molecular flexibility index (Phi) is 15.1. The molecule has 2 fully saturated rings. The topological polar surface area (TPSA) is 162 Å². The van der Waals surface area contributed by atoms with Crippen LogP contribution in [0.4, 0.5) is 0 Å². The molecule has 4 aromatic carbocycles. The van der Waals surface area contributed by atoms with Crippen molar-refractivity contribution in [1.29, 1.82) is 0 Å². The van der Waals surface area contributed by atoms with Crippen molar-refractivity contribution >= 4 is 0 Å². The lowest BCUT2D eigenvalue weighted by atomic mass is 9.88. The molecule has 0 saturated carbocycles. The maximum atomic E-state index is 9.96. The minimum Gasteiger partial charge on any atom is -0.374 e. The molecule has 10 atom stereocenters. The number of benzene rings is 4. The first-order valence-electron chi connectivity index (χ1n) is 18.6. The number of hydrogen-bond acceptors (Lipinski definition) is 9. The van der Waals surface area contributed by atoms with E-state index in [2.05, 4.69) is 20.1 Å². The summed E-state index contributed by atoms with van der Waals surface area (Å²) in [6, 6.07) is 38.2. The summed E-state index contributed by atoms with van der Waals surface area (Å²) >= 11 is 0. The second kappa shape index (κ2) is 20.8. The Bertz CT molecular complexity index is 1820. The summed E-state index contributed by atoms with van der Waals surface area (Å²) in [5.41, 5.74) is 23.2. The lowest BCUT2D eigenvalue weighted by molar-refractivity contribution is -0.320. The van der Waals surface area contributed by atoms with E-state index in [1.165, 1.54) is 0 Å². The summed E-state index contributed by atoms with van der Waals surface area (Å²) in [7, 11) is 0. The fraction of sp³-hybridized carbons (Fsp3) is 0.429. The zero-order valence-electron chi connectivity index (χ0n) is 31.1. The van der Waals surface area contributed by atoms with Crippen molar-refractivity contribution in [2.45, 2.75) is 95.3 Å². The summed E-state index contributed by atoms with van der Waals surface area (Å²) in [5.74, 6) is -0.187. The van der Waals surface area contributed by atoms with Crippen LogP contribution in [-0.4, -0.2) is 68.2 Å². The summed E-state index contributed by atoms with van der Waals surface area (Å²) in [4.78, 5) is 6.25. The molecule has 2 aliphatic rings. The van der Waals surface area contributed by atoms with E-state index >= 15 is 0 Å². The lowest BCUT2D eigenvalue weighted by Crippen LogP contribution is -2.63. The molecule has 2 heterocycles. The fourth-order valence-corrected chi connectivity index (χ4v) is 6.96. The van der Waals surface area contributed by atoms with Gasteiger partial charge in [-0.3, -0.25) is 0 Å². The maximum Gasteiger partial charge on any atom is 0.169 e. The first kappa shape index (κ1) is 39.9. The monoisotopic (exact) mass is 748 g/mol. The van der Waals surface area contributed by atoms with Crippen molar-refractivity contribution in [3.63, 3.8) is 0 Å². The third-order valence-electron chi connectivity index (χ3n) is 10.0. The molecule has 55 heavy (non-hydrogen) atoms. The highest BCUT2D eigenvalue weighted by Gasteiger charge is 2.51. The van der Waals surface area contributed by atoms with Crippen LogP contribution < -0.4 is 0 Å². The molecule has 2 aliphatic heterocycles. The van der Waals surface area contributed by atoms with Gasteiger partial charge in [0, 0.05) is 15.7 Å². The highest BCUT2D eigenvalue weighted by atomic mass is 16.7. The van der Waals surface area contributed by atoms with Crippen LogP contribution in [-0.2, 0) is 59.6 Å². The SMILES string of the molecule is C[C@@H]1[C@@H](OC2O[C@H](CN=[N+]=[N-])[C@@H](OCc3ccccc3)[C@H](OCc3ccccc3)[C@H]2N=[N+]=[N-])[C@@H](OCc2ccccc2)[C@@H](COCc2ccccc2)O[C@H]1C. The van der Waals surface area contributed by atoms with Gasteiger partial charge in [0.15, 0.2) is 6.29 Å². The normalized spacial score (nSPS) is 27.7. The molecule has 2 saturated heterocycles. The van der Waals surface area contributed by atoms with Gasteiger partial charge in [-0.1, -0.05) is 138 Å². The summed E-state index contributed by atoms with van der Waals surface area (Å²) in [5, 5.41) is 8.12. The van der Waals surface area contributed by atoms with E-state index < -0.39 is 49.0 Å². The molecule has 0 spiro atoms. The van der Waals surface area contributed by atoms with E-state index in [-0.39, 0.29) is 38.4 Å². The molecule has 0 N–H and O–H groups in total. The van der Waals surface area contributed by atoms with Crippen molar-refractivity contribution in [3.8, 4) is 0 Å². The van der Waals surface area contributed by atoms with E-state index in [0.717, 1.165) is 22.3 Å². The van der Waals surface area contributed by atoms with Crippen LogP contribution in [0.25, 0.3) is 20.9 Å². The van der Waals surface area contributed by atoms with Crippen molar-refractivity contribution < 1.29 is 33.2 Å². The molecule has 0 radical (unpaired) electrons. The first-order valence-corrected chi connectivity index (χ1v) is 18.6. The number of azide groups is 2. The molecule has 0 bridgehead atoms. The van der Waals surface area contributed by atoms with E-state index in [9.17, 15) is 11.1 Å². The highest BCUT2D eigenvalue weighted by Crippen LogP contribution is 2.37. The maximum absolute atomic E-state index is 9.96. The Morgan fingerprint density at radius 1 is 0.564 bits per heavy atom. The third kappa shape index (κ3) is 11.1. The Hall–Kier alpha value is -4.78. The van der Waals surface area contributed by atoms with Crippen LogP contribution >= 0.6 is 0 Å². The van der Waals surface area contributed by atoms with Gasteiger partial charge in [-0.2, -0.15) is 0 Å². The number of nitrogens with zero attached hydrogens (tertiary/aromatic N) is 6. The first-order chi connectivity index (χ1) is 27.0. The minimum absolute atomic E-state index is 0.0758. The summed E-state index contributed by atoms with van der Waals surface area (Å²) < 4.78 is 46.1. The second-order valence-corrected chi connectivity index (χ2v) is 13.8. The Morgan fingerprint density at radius 2 is 1.04 bits per heavy atom. The Morgan fingerprint density at radius 3 is 1.53 bits per heavy atom. The van der Waals surface area contributed by atoms with Gasteiger partial charge in [-0.05, 0) is 40.2 Å². The number of rotatable bonds is 18. The molecule has 6 rings (SSSR count). The largest absolute Gasteiger partial charge is 0.374 e. The third-order valence-corrected chi connectivity index (χ3v) is 10.0. The quantitative estimate of drug-likeness (QED) is 0.0560. The molecule has 0 amide bonds. The van der Waals surface area contributed by atoms with E-state index in [0.29, 0.717) is 13.2 Å². The standard InChI is InChI=1S/C42H48N6O7/c1-29-30(2)53-36(28-49-24-31-15-7-3-8-16-31)40(51-26-33-19-11-5-12-20-33)38(29)55-42-37(46-48-44)41(52-27-34-21-13-6-14-22-34)39(35(54-42)23-45-47-43)50-25-32-17-9-4-10-18-32/h3-22,29-30,35-42H,23-28H2,1-2H3/t29-,30-,35+,36+,37+,38+,39+,40-,41+,42?/m0/s1. The average molecular weight is 749 g/mol. The number of hydrogen-bond donors (Lipinski definition) is 0. The van der Waals surface area contributed by atoms with Crippen LogP contribution in [0.3, 0.4) is 0 Å². The molecule has 13 nitrogen and oxygen atoms in total. The van der Waals surface area contributed by atoms with Gasteiger partial charge in [0.2, 0.25) is 0 Å². The molecular weight excluding hydrogens is 700 g/mol. The second-order valence-electron chi connectivity index (χ2n) is 13.8. The van der Waals surface area contributed by atoms with Crippen molar-refractivity contribution in [2.75, 3.05) is 13.2 Å². The van der Waals surface area contributed by atoms with E-state index in [1.54, 1.807) is 0 Å². The van der Waals surface area contributed by atoms with Crippen LogP contribution in [0.5, 0.6) is 0 Å². The lowest BCUT2D eigenvalue weighted by Gasteiger charge is -2.49. The van der Waals surface area contributed by atoms with Crippen molar-refractivity contribution in [2.24, 2.45) is 16.1 Å². The van der Waals surface area contributed by atoms with E-state index in [1.807, 2.05) is 135 Å². The van der Waals surface area contributed by atoms with Crippen LogP contribution in [0, 0.1) is 5.92 Å². The Balaban J connectivity index is 1.30. The fourth-order valence-electron chi connectivity index (χ4n) is 6.96. The summed E-state index contributed by atoms with van der Waals surface area (Å²) in [6.45, 7) is 5.32. The molecule has 0 aliphatic carbocycles.